The summed E-state index contributed by atoms with van der Waals surface area (Å²) in [4.78, 5) is 24.0. The lowest BCUT2D eigenvalue weighted by molar-refractivity contribution is 0.383. The van der Waals surface area contributed by atoms with Crippen molar-refractivity contribution in [1.29, 1.82) is 0 Å². The van der Waals surface area contributed by atoms with Crippen LogP contribution >= 0.6 is 0 Å². The van der Waals surface area contributed by atoms with Gasteiger partial charge in [0, 0.05) is 17.0 Å². The smallest absolute Gasteiger partial charge is 0.423 e. The van der Waals surface area contributed by atoms with Gasteiger partial charge in [0.25, 0.3) is 0 Å². The molecule has 0 bridgehead atoms. The monoisotopic (exact) mass is 320 g/mol. The summed E-state index contributed by atoms with van der Waals surface area (Å²) < 4.78 is 11.4. The Bertz CT molecular complexity index is 1150. The summed E-state index contributed by atoms with van der Waals surface area (Å²) in [6.07, 6.45) is 0. The molecule has 2 aromatic carbocycles. The Hall–Kier alpha value is -3.41. The minimum Gasteiger partial charge on any atom is -0.423 e. The lowest BCUT2D eigenvalue weighted by Gasteiger charge is -2.07. The van der Waals surface area contributed by atoms with Crippen LogP contribution in [0.3, 0.4) is 0 Å². The van der Waals surface area contributed by atoms with Crippen LogP contribution in [0, 0.1) is 6.92 Å². The normalized spacial score (nSPS) is 11.0. The van der Waals surface area contributed by atoms with Crippen molar-refractivity contribution < 1.29 is 8.94 Å². The summed E-state index contributed by atoms with van der Waals surface area (Å²) in [6.45, 7) is 1.96. The standard InChI is InChI=1S/C18H12N2O4/c1-11-6-8-12(9-7-11)20-17(19-24-18(20)22)14-10-16(21)23-15-5-3-2-4-13(14)15/h2-10H,1H3. The van der Waals surface area contributed by atoms with Gasteiger partial charge >= 0.3 is 11.4 Å². The van der Waals surface area contributed by atoms with Crippen LogP contribution in [0.2, 0.25) is 0 Å². The van der Waals surface area contributed by atoms with Gasteiger partial charge in [-0.2, -0.15) is 0 Å². The highest BCUT2D eigenvalue weighted by molar-refractivity contribution is 5.91. The molecule has 4 aromatic rings. The quantitative estimate of drug-likeness (QED) is 0.531. The van der Waals surface area contributed by atoms with Crippen LogP contribution < -0.4 is 11.4 Å². The molecule has 0 saturated heterocycles. The molecular weight excluding hydrogens is 308 g/mol. The molecule has 0 unspecified atom stereocenters. The van der Waals surface area contributed by atoms with Gasteiger partial charge in [0.2, 0.25) is 0 Å². The van der Waals surface area contributed by atoms with Crippen LogP contribution in [0.25, 0.3) is 28.0 Å². The number of fused-ring (bicyclic) bond motifs is 1. The van der Waals surface area contributed by atoms with Crippen molar-refractivity contribution in [1.82, 2.24) is 9.72 Å². The van der Waals surface area contributed by atoms with E-state index in [0.717, 1.165) is 5.56 Å². The average Bonchev–Trinajstić information content (AvgIpc) is 2.96. The fraction of sp³-hybridized carbons (Fsp3) is 0.0556. The third-order valence-electron chi connectivity index (χ3n) is 3.79. The van der Waals surface area contributed by atoms with Crippen molar-refractivity contribution in [2.75, 3.05) is 0 Å². The van der Waals surface area contributed by atoms with Gasteiger partial charge in [0.1, 0.15) is 5.58 Å². The third-order valence-corrected chi connectivity index (χ3v) is 3.79. The van der Waals surface area contributed by atoms with Gasteiger partial charge in [-0.3, -0.25) is 4.52 Å². The van der Waals surface area contributed by atoms with E-state index < -0.39 is 11.4 Å². The molecule has 0 fully saturated rings. The number of rotatable bonds is 2. The second-order valence-corrected chi connectivity index (χ2v) is 5.42. The zero-order valence-corrected chi connectivity index (χ0v) is 12.7. The maximum Gasteiger partial charge on any atom is 0.446 e. The third kappa shape index (κ3) is 2.25. The van der Waals surface area contributed by atoms with Gasteiger partial charge in [-0.25, -0.2) is 14.2 Å². The van der Waals surface area contributed by atoms with E-state index in [1.54, 1.807) is 30.3 Å². The predicted molar refractivity (Wildman–Crippen MR) is 88.3 cm³/mol. The summed E-state index contributed by atoms with van der Waals surface area (Å²) in [7, 11) is 0. The Morgan fingerprint density at radius 3 is 2.54 bits per heavy atom. The van der Waals surface area contributed by atoms with E-state index in [1.165, 1.54) is 10.6 Å². The highest BCUT2D eigenvalue weighted by Gasteiger charge is 2.18. The minimum atomic E-state index is -0.619. The van der Waals surface area contributed by atoms with E-state index in [1.807, 2.05) is 25.1 Å². The minimum absolute atomic E-state index is 0.257. The second-order valence-electron chi connectivity index (χ2n) is 5.42. The van der Waals surface area contributed by atoms with Crippen LogP contribution in [-0.2, 0) is 0 Å². The first kappa shape index (κ1) is 14.2. The molecule has 0 radical (unpaired) electrons. The molecule has 0 amide bonds. The Kier molecular flexibility index (Phi) is 3.16. The van der Waals surface area contributed by atoms with Crippen molar-refractivity contribution >= 4 is 11.0 Å². The van der Waals surface area contributed by atoms with E-state index in [2.05, 4.69) is 5.16 Å². The lowest BCUT2D eigenvalue weighted by Crippen LogP contribution is -2.13. The fourth-order valence-electron chi connectivity index (χ4n) is 2.64. The second kappa shape index (κ2) is 5.34. The number of benzene rings is 2. The number of hydrogen-bond acceptors (Lipinski definition) is 5. The predicted octanol–water partition coefficient (Wildman–Crippen LogP) is 2.91. The molecule has 2 aromatic heterocycles. The first-order chi connectivity index (χ1) is 11.6. The molecule has 4 rings (SSSR count). The summed E-state index contributed by atoms with van der Waals surface area (Å²) in [5.41, 5.74) is 2.06. The van der Waals surface area contributed by atoms with Crippen LogP contribution in [0.1, 0.15) is 5.56 Å². The van der Waals surface area contributed by atoms with E-state index in [0.29, 0.717) is 22.2 Å². The molecule has 118 valence electrons. The molecule has 0 spiro atoms. The first-order valence-electron chi connectivity index (χ1n) is 7.32. The highest BCUT2D eigenvalue weighted by Crippen LogP contribution is 2.26. The number of aromatic nitrogens is 2. The van der Waals surface area contributed by atoms with Crippen molar-refractivity contribution in [2.24, 2.45) is 0 Å². The molecule has 6 heteroatoms. The topological polar surface area (TPSA) is 78.2 Å². The number of aryl methyl sites for hydroxylation is 1. The fourth-order valence-corrected chi connectivity index (χ4v) is 2.64. The molecule has 6 nitrogen and oxygen atoms in total. The van der Waals surface area contributed by atoms with Gasteiger partial charge in [0.15, 0.2) is 5.82 Å². The largest absolute Gasteiger partial charge is 0.446 e. The number of nitrogens with zero attached hydrogens (tertiary/aromatic N) is 2. The van der Waals surface area contributed by atoms with Crippen LogP contribution in [0.15, 0.2) is 73.1 Å². The first-order valence-corrected chi connectivity index (χ1v) is 7.32. The highest BCUT2D eigenvalue weighted by atomic mass is 16.5. The maximum absolute atomic E-state index is 12.2. The van der Waals surface area contributed by atoms with Crippen molar-refractivity contribution in [2.45, 2.75) is 6.92 Å². The molecule has 0 atom stereocenters. The summed E-state index contributed by atoms with van der Waals surface area (Å²) in [5.74, 6) is -0.362. The van der Waals surface area contributed by atoms with E-state index in [4.69, 9.17) is 8.94 Å². The SMILES string of the molecule is Cc1ccc(-n2c(-c3cc(=O)oc4ccccc34)noc2=O)cc1. The van der Waals surface area contributed by atoms with Gasteiger partial charge in [-0.15, -0.1) is 0 Å². The molecule has 0 aliphatic rings. The number of para-hydroxylation sites is 1. The van der Waals surface area contributed by atoms with Gasteiger partial charge < -0.3 is 4.42 Å². The van der Waals surface area contributed by atoms with E-state index in [-0.39, 0.29) is 5.82 Å². The van der Waals surface area contributed by atoms with Crippen LogP contribution in [-0.4, -0.2) is 9.72 Å². The van der Waals surface area contributed by atoms with Crippen molar-refractivity contribution in [3.63, 3.8) is 0 Å². The number of hydrogen-bond donors (Lipinski definition) is 0. The van der Waals surface area contributed by atoms with Crippen LogP contribution in [0.5, 0.6) is 0 Å². The molecule has 0 N–H and O–H groups in total. The summed E-state index contributed by atoms with van der Waals surface area (Å²) >= 11 is 0. The van der Waals surface area contributed by atoms with Gasteiger partial charge in [0.05, 0.1) is 5.69 Å². The summed E-state index contributed by atoms with van der Waals surface area (Å²) in [6, 6.07) is 15.7. The zero-order valence-electron chi connectivity index (χ0n) is 12.7. The van der Waals surface area contributed by atoms with Gasteiger partial charge in [-0.1, -0.05) is 41.1 Å². The lowest BCUT2D eigenvalue weighted by atomic mass is 10.1. The molecule has 24 heavy (non-hydrogen) atoms. The Labute approximate surface area is 135 Å². The average molecular weight is 320 g/mol. The van der Waals surface area contributed by atoms with E-state index >= 15 is 0 Å². The molecule has 0 aliphatic heterocycles. The Balaban J connectivity index is 2.05. The molecular formula is C18H12N2O4. The Morgan fingerprint density at radius 2 is 1.75 bits per heavy atom. The molecule has 0 saturated carbocycles. The van der Waals surface area contributed by atoms with Crippen molar-refractivity contribution in [3.8, 4) is 17.1 Å². The Morgan fingerprint density at radius 1 is 1.00 bits per heavy atom. The molecule has 2 heterocycles. The zero-order chi connectivity index (χ0) is 16.7. The van der Waals surface area contributed by atoms with Crippen LogP contribution in [0.4, 0.5) is 0 Å². The van der Waals surface area contributed by atoms with Gasteiger partial charge in [-0.05, 0) is 25.1 Å². The molecule has 0 aliphatic carbocycles. The maximum atomic E-state index is 12.2. The van der Waals surface area contributed by atoms with E-state index in [9.17, 15) is 9.59 Å². The van der Waals surface area contributed by atoms with Crippen molar-refractivity contribution in [3.05, 3.63) is 81.1 Å². The summed E-state index contributed by atoms with van der Waals surface area (Å²) in [5, 5.41) is 4.54.